The lowest BCUT2D eigenvalue weighted by Gasteiger charge is -2.40. The second-order valence-electron chi connectivity index (χ2n) is 10.2. The molecule has 0 spiro atoms. The van der Waals surface area contributed by atoms with Gasteiger partial charge in [-0.3, -0.25) is 19.3 Å². The standard InChI is InChI=1S/C30H37N3O6/c1-19(2)27-29(37)33(25(17-32(27)21(5)34)23-14-10-7-11-15-23)18-26(35)31-24(16-22-12-8-6-9-13-22)28(36)30(38)39-20(3)4/h6-15,17,19-20,24,27-28,36H,16,18H2,1-5H3,(H,31,35)/t24-,27?,28?/m1/s1. The fourth-order valence-corrected chi connectivity index (χ4v) is 4.55. The van der Waals surface area contributed by atoms with E-state index in [2.05, 4.69) is 5.32 Å². The van der Waals surface area contributed by atoms with Gasteiger partial charge in [-0.25, -0.2) is 4.79 Å². The van der Waals surface area contributed by atoms with Gasteiger partial charge in [-0.05, 0) is 37.3 Å². The molecule has 1 aliphatic rings. The lowest BCUT2D eigenvalue weighted by molar-refractivity contribution is -0.159. The first kappa shape index (κ1) is 29.6. The van der Waals surface area contributed by atoms with Crippen molar-refractivity contribution in [2.45, 2.75) is 65.3 Å². The third-order valence-corrected chi connectivity index (χ3v) is 6.36. The number of benzene rings is 2. The van der Waals surface area contributed by atoms with Gasteiger partial charge in [0.25, 0.3) is 5.91 Å². The minimum Gasteiger partial charge on any atom is -0.461 e. The number of hydrogen-bond acceptors (Lipinski definition) is 6. The predicted octanol–water partition coefficient (Wildman–Crippen LogP) is 2.74. The van der Waals surface area contributed by atoms with Crippen molar-refractivity contribution in [3.8, 4) is 0 Å². The molecule has 9 nitrogen and oxygen atoms in total. The zero-order valence-corrected chi connectivity index (χ0v) is 23.0. The highest BCUT2D eigenvalue weighted by molar-refractivity contribution is 5.99. The van der Waals surface area contributed by atoms with Gasteiger partial charge in [0.1, 0.15) is 12.6 Å². The normalized spacial score (nSPS) is 17.1. The van der Waals surface area contributed by atoms with Gasteiger partial charge in [-0.2, -0.15) is 0 Å². The number of aliphatic hydroxyl groups is 1. The first-order valence-corrected chi connectivity index (χ1v) is 13.1. The molecule has 2 aromatic rings. The van der Waals surface area contributed by atoms with Crippen molar-refractivity contribution in [2.24, 2.45) is 5.92 Å². The van der Waals surface area contributed by atoms with Crippen LogP contribution in [0.3, 0.4) is 0 Å². The van der Waals surface area contributed by atoms with E-state index in [4.69, 9.17) is 4.74 Å². The lowest BCUT2D eigenvalue weighted by atomic mass is 9.97. The monoisotopic (exact) mass is 535 g/mol. The van der Waals surface area contributed by atoms with Crippen molar-refractivity contribution in [1.82, 2.24) is 15.1 Å². The molecule has 1 aliphatic heterocycles. The number of aliphatic hydroxyl groups excluding tert-OH is 1. The molecule has 0 bridgehead atoms. The highest BCUT2D eigenvalue weighted by Gasteiger charge is 2.40. The van der Waals surface area contributed by atoms with Gasteiger partial charge in [0.05, 0.1) is 17.8 Å². The Hall–Kier alpha value is -3.98. The Morgan fingerprint density at radius 2 is 1.56 bits per heavy atom. The van der Waals surface area contributed by atoms with Crippen molar-refractivity contribution in [1.29, 1.82) is 0 Å². The Balaban J connectivity index is 1.92. The van der Waals surface area contributed by atoms with Crippen LogP contribution in [0.5, 0.6) is 0 Å². The molecule has 0 aromatic heterocycles. The number of esters is 1. The van der Waals surface area contributed by atoms with Gasteiger partial charge in [-0.15, -0.1) is 0 Å². The summed E-state index contributed by atoms with van der Waals surface area (Å²) in [6.45, 7) is 8.05. The number of hydrogen-bond donors (Lipinski definition) is 2. The minimum atomic E-state index is -1.62. The molecule has 39 heavy (non-hydrogen) atoms. The molecule has 2 aromatic carbocycles. The Labute approximate surface area is 229 Å². The molecule has 2 N–H and O–H groups in total. The summed E-state index contributed by atoms with van der Waals surface area (Å²) in [7, 11) is 0. The van der Waals surface area contributed by atoms with E-state index in [0.29, 0.717) is 11.3 Å². The van der Waals surface area contributed by atoms with E-state index in [0.717, 1.165) is 5.56 Å². The molecule has 3 amide bonds. The lowest BCUT2D eigenvalue weighted by Crippen LogP contribution is -2.57. The Kier molecular flexibility index (Phi) is 10.0. The van der Waals surface area contributed by atoms with Crippen molar-refractivity contribution in [3.05, 3.63) is 78.0 Å². The van der Waals surface area contributed by atoms with Crippen molar-refractivity contribution in [2.75, 3.05) is 6.54 Å². The minimum absolute atomic E-state index is 0.170. The van der Waals surface area contributed by atoms with Crippen LogP contribution in [0.15, 0.2) is 66.9 Å². The van der Waals surface area contributed by atoms with E-state index in [-0.39, 0.29) is 24.8 Å². The topological polar surface area (TPSA) is 116 Å². The zero-order chi connectivity index (χ0) is 28.7. The van der Waals surface area contributed by atoms with Gasteiger partial charge in [0.15, 0.2) is 6.10 Å². The molecule has 0 saturated carbocycles. The molecule has 9 heteroatoms. The average molecular weight is 536 g/mol. The van der Waals surface area contributed by atoms with E-state index in [1.807, 2.05) is 50.2 Å². The highest BCUT2D eigenvalue weighted by Crippen LogP contribution is 2.30. The van der Waals surface area contributed by atoms with Crippen LogP contribution in [0.4, 0.5) is 0 Å². The summed E-state index contributed by atoms with van der Waals surface area (Å²) < 4.78 is 5.18. The Morgan fingerprint density at radius 3 is 2.10 bits per heavy atom. The van der Waals surface area contributed by atoms with Crippen molar-refractivity contribution in [3.63, 3.8) is 0 Å². The smallest absolute Gasteiger partial charge is 0.337 e. The summed E-state index contributed by atoms with van der Waals surface area (Å²) in [6, 6.07) is 16.4. The third kappa shape index (κ3) is 7.54. The number of nitrogens with one attached hydrogen (secondary N) is 1. The summed E-state index contributed by atoms with van der Waals surface area (Å²) in [6.07, 6.45) is -0.285. The van der Waals surface area contributed by atoms with Crippen LogP contribution in [0.1, 0.15) is 45.7 Å². The maximum absolute atomic E-state index is 13.7. The van der Waals surface area contributed by atoms with Crippen LogP contribution in [0, 0.1) is 5.92 Å². The third-order valence-electron chi connectivity index (χ3n) is 6.36. The van der Waals surface area contributed by atoms with Crippen LogP contribution in [0.25, 0.3) is 5.70 Å². The molecule has 0 aliphatic carbocycles. The number of rotatable bonds is 10. The van der Waals surface area contributed by atoms with Crippen LogP contribution in [-0.4, -0.2) is 69.4 Å². The Bertz CT molecular complexity index is 1200. The number of amides is 3. The molecule has 208 valence electrons. The maximum atomic E-state index is 13.7. The molecule has 0 saturated heterocycles. The van der Waals surface area contributed by atoms with Crippen LogP contribution in [0.2, 0.25) is 0 Å². The predicted molar refractivity (Wildman–Crippen MR) is 147 cm³/mol. The largest absolute Gasteiger partial charge is 0.461 e. The summed E-state index contributed by atoms with van der Waals surface area (Å²) in [5.74, 6) is -2.30. The van der Waals surface area contributed by atoms with Gasteiger partial charge in [0.2, 0.25) is 11.8 Å². The summed E-state index contributed by atoms with van der Waals surface area (Å²) in [5, 5.41) is 13.6. The number of ether oxygens (including phenoxy) is 1. The van der Waals surface area contributed by atoms with Gasteiger partial charge < -0.3 is 20.1 Å². The fourth-order valence-electron chi connectivity index (χ4n) is 4.55. The number of carbonyl (C=O) groups excluding carboxylic acids is 4. The van der Waals surface area contributed by atoms with E-state index in [1.54, 1.807) is 44.3 Å². The molecule has 0 fully saturated rings. The molecule has 3 atom stereocenters. The van der Waals surface area contributed by atoms with E-state index in [1.165, 1.54) is 16.7 Å². The first-order valence-electron chi connectivity index (χ1n) is 13.1. The fraction of sp³-hybridized carbons (Fsp3) is 0.400. The Morgan fingerprint density at radius 1 is 0.974 bits per heavy atom. The quantitative estimate of drug-likeness (QED) is 0.452. The average Bonchev–Trinajstić information content (AvgIpc) is 2.89. The second kappa shape index (κ2) is 13.2. The maximum Gasteiger partial charge on any atom is 0.337 e. The second-order valence-corrected chi connectivity index (χ2v) is 10.2. The first-order chi connectivity index (χ1) is 18.5. The molecular weight excluding hydrogens is 498 g/mol. The van der Waals surface area contributed by atoms with Gasteiger partial charge in [0, 0.05) is 13.1 Å². The van der Waals surface area contributed by atoms with Crippen molar-refractivity contribution >= 4 is 29.4 Å². The van der Waals surface area contributed by atoms with Gasteiger partial charge in [-0.1, -0.05) is 74.5 Å². The van der Waals surface area contributed by atoms with E-state index < -0.39 is 42.1 Å². The summed E-state index contributed by atoms with van der Waals surface area (Å²) >= 11 is 0. The molecule has 3 rings (SSSR count). The molecular formula is C30H37N3O6. The summed E-state index contributed by atoms with van der Waals surface area (Å²) in [5.41, 5.74) is 1.87. The van der Waals surface area contributed by atoms with Crippen LogP contribution >= 0.6 is 0 Å². The highest BCUT2D eigenvalue weighted by atomic mass is 16.6. The van der Waals surface area contributed by atoms with Gasteiger partial charge >= 0.3 is 5.97 Å². The van der Waals surface area contributed by atoms with E-state index in [9.17, 15) is 24.3 Å². The zero-order valence-electron chi connectivity index (χ0n) is 23.0. The molecule has 0 radical (unpaired) electrons. The molecule has 1 heterocycles. The molecule has 2 unspecified atom stereocenters. The number of carbonyl (C=O) groups is 4. The van der Waals surface area contributed by atoms with Crippen molar-refractivity contribution < 1.29 is 29.0 Å². The number of nitrogens with zero attached hydrogens (tertiary/aromatic N) is 2. The van der Waals surface area contributed by atoms with E-state index >= 15 is 0 Å². The van der Waals surface area contributed by atoms with Crippen LogP contribution < -0.4 is 5.32 Å². The summed E-state index contributed by atoms with van der Waals surface area (Å²) in [4.78, 5) is 54.9. The SMILES string of the molecule is CC(=O)N1C=C(c2ccccc2)N(CC(=O)N[C@H](Cc2ccccc2)C(O)C(=O)OC(C)C)C(=O)C1C(C)C. The van der Waals surface area contributed by atoms with Crippen LogP contribution in [-0.2, 0) is 30.3 Å².